The van der Waals surface area contributed by atoms with E-state index in [1.807, 2.05) is 6.92 Å². The molecule has 24 heavy (non-hydrogen) atoms. The van der Waals surface area contributed by atoms with Crippen LogP contribution in [-0.4, -0.2) is 12.6 Å². The standard InChI is InChI=1S/C22H38O2/c1-6-24-20(23)22(5)13-7-12-21(4)18-10-8-16(15(2)3)14-17(18)9-11-19(21)22/h15-19H,6-14H2,1-5H3. The summed E-state index contributed by atoms with van der Waals surface area (Å²) in [5.41, 5.74) is 0.105. The largest absolute Gasteiger partial charge is 0.466 e. The van der Waals surface area contributed by atoms with E-state index in [-0.39, 0.29) is 11.4 Å². The number of rotatable bonds is 3. The molecule has 6 unspecified atom stereocenters. The van der Waals surface area contributed by atoms with E-state index in [1.54, 1.807) is 0 Å². The summed E-state index contributed by atoms with van der Waals surface area (Å²) in [6, 6.07) is 0. The normalized spacial score (nSPS) is 45.4. The highest BCUT2D eigenvalue weighted by molar-refractivity contribution is 5.77. The van der Waals surface area contributed by atoms with Crippen molar-refractivity contribution < 1.29 is 9.53 Å². The summed E-state index contributed by atoms with van der Waals surface area (Å²) in [7, 11) is 0. The van der Waals surface area contributed by atoms with Crippen molar-refractivity contribution in [3.8, 4) is 0 Å². The van der Waals surface area contributed by atoms with Gasteiger partial charge >= 0.3 is 5.97 Å². The van der Waals surface area contributed by atoms with Crippen LogP contribution in [0.1, 0.15) is 86.0 Å². The number of ether oxygens (including phenoxy) is 1. The maximum Gasteiger partial charge on any atom is 0.312 e. The Balaban J connectivity index is 1.83. The van der Waals surface area contributed by atoms with E-state index in [4.69, 9.17) is 4.74 Å². The summed E-state index contributed by atoms with van der Waals surface area (Å²) >= 11 is 0. The molecule has 0 N–H and O–H groups in total. The van der Waals surface area contributed by atoms with Crippen molar-refractivity contribution >= 4 is 5.97 Å². The van der Waals surface area contributed by atoms with Gasteiger partial charge < -0.3 is 4.74 Å². The molecule has 3 fully saturated rings. The Hall–Kier alpha value is -0.530. The molecule has 0 amide bonds. The minimum atomic E-state index is -0.247. The summed E-state index contributed by atoms with van der Waals surface area (Å²) in [6.45, 7) is 12.0. The maximum atomic E-state index is 12.8. The molecule has 6 atom stereocenters. The molecule has 0 heterocycles. The zero-order valence-corrected chi connectivity index (χ0v) is 16.6. The van der Waals surface area contributed by atoms with Crippen LogP contribution in [0, 0.1) is 40.4 Å². The van der Waals surface area contributed by atoms with Gasteiger partial charge in [0, 0.05) is 0 Å². The zero-order chi connectivity index (χ0) is 17.5. The first kappa shape index (κ1) is 18.3. The van der Waals surface area contributed by atoms with E-state index in [9.17, 15) is 4.79 Å². The van der Waals surface area contributed by atoms with Crippen molar-refractivity contribution in [2.24, 2.45) is 40.4 Å². The summed E-state index contributed by atoms with van der Waals surface area (Å²) in [4.78, 5) is 12.8. The summed E-state index contributed by atoms with van der Waals surface area (Å²) in [5, 5.41) is 0. The van der Waals surface area contributed by atoms with Crippen LogP contribution in [0.2, 0.25) is 0 Å². The van der Waals surface area contributed by atoms with Crippen LogP contribution >= 0.6 is 0 Å². The third kappa shape index (κ3) is 2.82. The molecule has 3 aliphatic carbocycles. The molecule has 3 saturated carbocycles. The van der Waals surface area contributed by atoms with E-state index in [0.29, 0.717) is 17.9 Å². The predicted molar refractivity (Wildman–Crippen MR) is 98.6 cm³/mol. The number of fused-ring (bicyclic) bond motifs is 3. The second-order valence-corrected chi connectivity index (χ2v) is 9.81. The monoisotopic (exact) mass is 334 g/mol. The van der Waals surface area contributed by atoms with Gasteiger partial charge in [-0.15, -0.1) is 0 Å². The van der Waals surface area contributed by atoms with Crippen LogP contribution in [-0.2, 0) is 9.53 Å². The molecule has 0 aromatic rings. The molecule has 0 aromatic carbocycles. The van der Waals surface area contributed by atoms with E-state index in [1.165, 1.54) is 44.9 Å². The molecule has 0 radical (unpaired) electrons. The molecule has 3 rings (SSSR count). The Kier molecular flexibility index (Phi) is 5.06. The van der Waals surface area contributed by atoms with Gasteiger partial charge in [0.1, 0.15) is 0 Å². The van der Waals surface area contributed by atoms with Crippen LogP contribution in [0.25, 0.3) is 0 Å². The fourth-order valence-corrected chi connectivity index (χ4v) is 7.02. The lowest BCUT2D eigenvalue weighted by Gasteiger charge is -2.61. The molecular weight excluding hydrogens is 296 g/mol. The van der Waals surface area contributed by atoms with Gasteiger partial charge in [-0.2, -0.15) is 0 Å². The fraction of sp³-hybridized carbons (Fsp3) is 0.955. The van der Waals surface area contributed by atoms with Gasteiger partial charge in [-0.05, 0) is 93.8 Å². The number of hydrogen-bond acceptors (Lipinski definition) is 2. The van der Waals surface area contributed by atoms with E-state index >= 15 is 0 Å². The molecule has 0 bridgehead atoms. The highest BCUT2D eigenvalue weighted by atomic mass is 16.5. The molecule has 0 aliphatic heterocycles. The average Bonchev–Trinajstić information content (AvgIpc) is 2.54. The van der Waals surface area contributed by atoms with Crippen LogP contribution < -0.4 is 0 Å². The zero-order valence-electron chi connectivity index (χ0n) is 16.6. The van der Waals surface area contributed by atoms with Crippen molar-refractivity contribution in [3.63, 3.8) is 0 Å². The van der Waals surface area contributed by atoms with Gasteiger partial charge in [-0.3, -0.25) is 4.79 Å². The van der Waals surface area contributed by atoms with Crippen LogP contribution in [0.4, 0.5) is 0 Å². The van der Waals surface area contributed by atoms with Crippen LogP contribution in [0.5, 0.6) is 0 Å². The minimum Gasteiger partial charge on any atom is -0.466 e. The summed E-state index contributed by atoms with van der Waals surface area (Å²) in [6.07, 6.45) is 10.3. The minimum absolute atomic E-state index is 0.0789. The summed E-state index contributed by atoms with van der Waals surface area (Å²) in [5.74, 6) is 4.08. The number of hydrogen-bond donors (Lipinski definition) is 0. The van der Waals surface area contributed by atoms with Gasteiger partial charge in [0.05, 0.1) is 12.0 Å². The molecule has 3 aliphatic rings. The van der Waals surface area contributed by atoms with E-state index in [2.05, 4.69) is 27.7 Å². The third-order valence-electron chi connectivity index (χ3n) is 8.36. The molecule has 2 heteroatoms. The van der Waals surface area contributed by atoms with Gasteiger partial charge in [0.15, 0.2) is 0 Å². The van der Waals surface area contributed by atoms with Crippen molar-refractivity contribution in [1.29, 1.82) is 0 Å². The van der Waals surface area contributed by atoms with Crippen molar-refractivity contribution in [2.75, 3.05) is 6.61 Å². The molecule has 0 aromatic heterocycles. The van der Waals surface area contributed by atoms with Gasteiger partial charge in [-0.25, -0.2) is 0 Å². The first-order valence-electron chi connectivity index (χ1n) is 10.5. The lowest BCUT2D eigenvalue weighted by molar-refractivity contribution is -0.178. The molecule has 138 valence electrons. The Morgan fingerprint density at radius 1 is 1.12 bits per heavy atom. The number of carbonyl (C=O) groups is 1. The smallest absolute Gasteiger partial charge is 0.312 e. The first-order chi connectivity index (χ1) is 11.3. The quantitative estimate of drug-likeness (QED) is 0.606. The van der Waals surface area contributed by atoms with Gasteiger partial charge in [0.2, 0.25) is 0 Å². The topological polar surface area (TPSA) is 26.3 Å². The van der Waals surface area contributed by atoms with Gasteiger partial charge in [0.25, 0.3) is 0 Å². The van der Waals surface area contributed by atoms with Crippen LogP contribution in [0.3, 0.4) is 0 Å². The van der Waals surface area contributed by atoms with Crippen LogP contribution in [0.15, 0.2) is 0 Å². The first-order valence-corrected chi connectivity index (χ1v) is 10.5. The number of carbonyl (C=O) groups excluding carboxylic acids is 1. The van der Waals surface area contributed by atoms with E-state index < -0.39 is 0 Å². The van der Waals surface area contributed by atoms with Crippen molar-refractivity contribution in [2.45, 2.75) is 86.0 Å². The lowest BCUT2D eigenvalue weighted by Crippen LogP contribution is -2.56. The Bertz CT molecular complexity index is 471. The Labute approximate surface area is 149 Å². The van der Waals surface area contributed by atoms with E-state index in [0.717, 1.165) is 30.1 Å². The predicted octanol–water partition coefficient (Wildman–Crippen LogP) is 5.84. The molecule has 0 spiro atoms. The lowest BCUT2D eigenvalue weighted by atomic mass is 9.43. The molecular formula is C22H38O2. The van der Waals surface area contributed by atoms with Gasteiger partial charge in [-0.1, -0.05) is 27.2 Å². The Morgan fingerprint density at radius 2 is 1.88 bits per heavy atom. The second kappa shape index (κ2) is 6.65. The SMILES string of the molecule is CCOC(=O)C1(C)CCCC2(C)C3CCC(C(C)C)CC3CCC12. The third-order valence-corrected chi connectivity index (χ3v) is 8.36. The van der Waals surface area contributed by atoms with Crippen molar-refractivity contribution in [3.05, 3.63) is 0 Å². The second-order valence-electron chi connectivity index (χ2n) is 9.81. The fourth-order valence-electron chi connectivity index (χ4n) is 7.02. The highest BCUT2D eigenvalue weighted by Gasteiger charge is 2.59. The maximum absolute atomic E-state index is 12.8. The molecule has 0 saturated heterocycles. The molecule has 2 nitrogen and oxygen atoms in total. The highest BCUT2D eigenvalue weighted by Crippen LogP contribution is 2.64. The average molecular weight is 335 g/mol. The number of esters is 1. The summed E-state index contributed by atoms with van der Waals surface area (Å²) < 4.78 is 5.52. The van der Waals surface area contributed by atoms with Crippen molar-refractivity contribution in [1.82, 2.24) is 0 Å². The Morgan fingerprint density at radius 3 is 2.54 bits per heavy atom.